The molecular formula is C23H21ClFN5O. The number of aromatic nitrogens is 3. The van der Waals surface area contributed by atoms with Crippen LogP contribution in [0, 0.1) is 12.7 Å². The molecule has 31 heavy (non-hydrogen) atoms. The van der Waals surface area contributed by atoms with Crippen LogP contribution in [0.2, 0.25) is 5.02 Å². The predicted octanol–water partition coefficient (Wildman–Crippen LogP) is 4.72. The van der Waals surface area contributed by atoms with Gasteiger partial charge in [-0.05, 0) is 48.1 Å². The van der Waals surface area contributed by atoms with E-state index in [-0.39, 0.29) is 17.6 Å². The molecule has 0 saturated heterocycles. The van der Waals surface area contributed by atoms with E-state index in [1.54, 1.807) is 46.9 Å². The summed E-state index contributed by atoms with van der Waals surface area (Å²) in [7, 11) is 0. The number of fused-ring (bicyclic) bond motifs is 4. The third-order valence-corrected chi connectivity index (χ3v) is 6.45. The molecule has 1 aliphatic rings. The first-order chi connectivity index (χ1) is 14.8. The van der Waals surface area contributed by atoms with Gasteiger partial charge in [0, 0.05) is 13.1 Å². The number of carbonyl (C=O) groups excluding carboxylic acids is 1. The SMILES string of the molecule is Cc1ccc2c(c1F)[C@H](C)CCN(C(=O)c1cc3c(cc1Cl)nc(N)c1cncn13)C2. The monoisotopic (exact) mass is 437 g/mol. The number of carbonyl (C=O) groups is 1. The highest BCUT2D eigenvalue weighted by atomic mass is 35.5. The molecule has 0 saturated carbocycles. The van der Waals surface area contributed by atoms with Gasteiger partial charge in [-0.15, -0.1) is 0 Å². The highest BCUT2D eigenvalue weighted by Crippen LogP contribution is 2.33. The van der Waals surface area contributed by atoms with Crippen molar-refractivity contribution in [2.75, 3.05) is 12.3 Å². The lowest BCUT2D eigenvalue weighted by atomic mass is 9.92. The second kappa shape index (κ2) is 7.20. The van der Waals surface area contributed by atoms with Crippen molar-refractivity contribution < 1.29 is 9.18 Å². The molecule has 1 amide bonds. The van der Waals surface area contributed by atoms with Crippen molar-refractivity contribution in [1.82, 2.24) is 19.3 Å². The van der Waals surface area contributed by atoms with E-state index in [2.05, 4.69) is 9.97 Å². The maximum atomic E-state index is 14.8. The van der Waals surface area contributed by atoms with E-state index in [1.807, 2.05) is 13.0 Å². The Hall–Kier alpha value is -3.19. The number of nitrogen functional groups attached to an aromatic ring is 1. The summed E-state index contributed by atoms with van der Waals surface area (Å²) in [4.78, 5) is 23.8. The zero-order valence-corrected chi connectivity index (χ0v) is 17.9. The quantitative estimate of drug-likeness (QED) is 0.467. The number of aryl methyl sites for hydroxylation is 1. The Morgan fingerprint density at radius 2 is 2.10 bits per heavy atom. The molecule has 4 aromatic rings. The highest BCUT2D eigenvalue weighted by molar-refractivity contribution is 6.34. The van der Waals surface area contributed by atoms with Gasteiger partial charge in [0.15, 0.2) is 0 Å². The average molecular weight is 438 g/mol. The molecule has 6 nitrogen and oxygen atoms in total. The summed E-state index contributed by atoms with van der Waals surface area (Å²) in [6.07, 6.45) is 3.93. The zero-order chi connectivity index (χ0) is 21.9. The lowest BCUT2D eigenvalue weighted by Crippen LogP contribution is -2.31. The average Bonchev–Trinajstić information content (AvgIpc) is 3.17. The molecule has 0 radical (unpaired) electrons. The molecule has 8 heteroatoms. The summed E-state index contributed by atoms with van der Waals surface area (Å²) in [6.45, 7) is 4.62. The number of amides is 1. The first kappa shape index (κ1) is 19.8. The molecule has 2 aromatic heterocycles. The molecule has 0 bridgehead atoms. The minimum atomic E-state index is -0.196. The molecule has 2 N–H and O–H groups in total. The third-order valence-electron chi connectivity index (χ3n) is 6.13. The normalized spacial score (nSPS) is 16.5. The van der Waals surface area contributed by atoms with Crippen LogP contribution in [-0.2, 0) is 6.54 Å². The Morgan fingerprint density at radius 1 is 1.29 bits per heavy atom. The summed E-state index contributed by atoms with van der Waals surface area (Å²) in [5.41, 5.74) is 10.5. The molecule has 0 unspecified atom stereocenters. The van der Waals surface area contributed by atoms with Crippen molar-refractivity contribution in [3.05, 3.63) is 69.9 Å². The number of hydrogen-bond acceptors (Lipinski definition) is 4. The van der Waals surface area contributed by atoms with Crippen molar-refractivity contribution in [2.24, 2.45) is 0 Å². The molecule has 158 valence electrons. The zero-order valence-electron chi connectivity index (χ0n) is 17.2. The van der Waals surface area contributed by atoms with Gasteiger partial charge >= 0.3 is 0 Å². The Balaban J connectivity index is 1.59. The van der Waals surface area contributed by atoms with Gasteiger partial charge in [-0.3, -0.25) is 9.20 Å². The van der Waals surface area contributed by atoms with Gasteiger partial charge in [-0.25, -0.2) is 14.4 Å². The minimum Gasteiger partial charge on any atom is -0.382 e. The molecule has 1 aliphatic heterocycles. The van der Waals surface area contributed by atoms with Crippen LogP contribution in [0.25, 0.3) is 16.6 Å². The lowest BCUT2D eigenvalue weighted by molar-refractivity contribution is 0.0744. The minimum absolute atomic E-state index is 0.0255. The van der Waals surface area contributed by atoms with Gasteiger partial charge in [-0.1, -0.05) is 30.7 Å². The van der Waals surface area contributed by atoms with Crippen molar-refractivity contribution in [3.8, 4) is 0 Å². The fourth-order valence-electron chi connectivity index (χ4n) is 4.40. The van der Waals surface area contributed by atoms with Crippen LogP contribution in [0.5, 0.6) is 0 Å². The molecule has 0 spiro atoms. The molecule has 3 heterocycles. The number of benzene rings is 2. The Kier molecular flexibility index (Phi) is 4.59. The number of hydrogen-bond donors (Lipinski definition) is 1. The van der Waals surface area contributed by atoms with E-state index in [1.165, 1.54) is 0 Å². The summed E-state index contributed by atoms with van der Waals surface area (Å²) in [6, 6.07) is 7.06. The number of nitrogens with zero attached hydrogens (tertiary/aromatic N) is 4. The largest absolute Gasteiger partial charge is 0.382 e. The van der Waals surface area contributed by atoms with Gasteiger partial charge in [0.25, 0.3) is 5.91 Å². The van der Waals surface area contributed by atoms with Crippen LogP contribution >= 0.6 is 11.6 Å². The maximum absolute atomic E-state index is 14.8. The molecule has 0 fully saturated rings. The van der Waals surface area contributed by atoms with E-state index in [4.69, 9.17) is 17.3 Å². The second-order valence-corrected chi connectivity index (χ2v) is 8.56. The number of anilines is 1. The van der Waals surface area contributed by atoms with Gasteiger partial charge in [0.2, 0.25) is 0 Å². The van der Waals surface area contributed by atoms with Crippen LogP contribution in [0.1, 0.15) is 46.3 Å². The van der Waals surface area contributed by atoms with E-state index in [9.17, 15) is 9.18 Å². The smallest absolute Gasteiger partial charge is 0.255 e. The number of rotatable bonds is 1. The first-order valence-electron chi connectivity index (χ1n) is 10.1. The van der Waals surface area contributed by atoms with E-state index in [0.717, 1.165) is 5.56 Å². The third kappa shape index (κ3) is 3.11. The second-order valence-electron chi connectivity index (χ2n) is 8.15. The van der Waals surface area contributed by atoms with E-state index < -0.39 is 0 Å². The van der Waals surface area contributed by atoms with Crippen LogP contribution in [0.3, 0.4) is 0 Å². The van der Waals surface area contributed by atoms with Gasteiger partial charge in [-0.2, -0.15) is 0 Å². The van der Waals surface area contributed by atoms with E-state index in [0.29, 0.717) is 63.6 Å². The van der Waals surface area contributed by atoms with E-state index >= 15 is 0 Å². The van der Waals surface area contributed by atoms with Gasteiger partial charge in [0.05, 0.1) is 34.1 Å². The summed E-state index contributed by atoms with van der Waals surface area (Å²) in [5.74, 6) is 0.000299. The molecule has 5 rings (SSSR count). The van der Waals surface area contributed by atoms with Gasteiger partial charge < -0.3 is 10.6 Å². The molecule has 1 atom stereocenters. The first-order valence-corrected chi connectivity index (χ1v) is 10.5. The fourth-order valence-corrected chi connectivity index (χ4v) is 4.63. The standard InChI is InChI=1S/C23H21ClFN5O/c1-12-5-6-29(10-14-4-3-13(2)21(25)20(12)14)23(31)15-7-18-17(8-16(15)24)28-22(26)19-9-27-11-30(18)19/h3-4,7-9,11-12H,5-6,10H2,1-2H3,(H2,26,28)/t12-/m1/s1. The topological polar surface area (TPSA) is 76.5 Å². The van der Waals surface area contributed by atoms with Crippen molar-refractivity contribution >= 4 is 39.9 Å². The maximum Gasteiger partial charge on any atom is 0.255 e. The predicted molar refractivity (Wildman–Crippen MR) is 119 cm³/mol. The summed E-state index contributed by atoms with van der Waals surface area (Å²) < 4.78 is 16.6. The summed E-state index contributed by atoms with van der Waals surface area (Å²) >= 11 is 6.50. The van der Waals surface area contributed by atoms with Crippen LogP contribution < -0.4 is 5.73 Å². The van der Waals surface area contributed by atoms with Crippen molar-refractivity contribution in [2.45, 2.75) is 32.7 Å². The van der Waals surface area contributed by atoms with Crippen LogP contribution in [0.15, 0.2) is 36.8 Å². The van der Waals surface area contributed by atoms with Gasteiger partial charge in [0.1, 0.15) is 17.2 Å². The van der Waals surface area contributed by atoms with Crippen molar-refractivity contribution in [1.29, 1.82) is 0 Å². The Bertz CT molecular complexity index is 1370. The fraction of sp³-hybridized carbons (Fsp3) is 0.261. The summed E-state index contributed by atoms with van der Waals surface area (Å²) in [5, 5.41) is 0.302. The van der Waals surface area contributed by atoms with Crippen LogP contribution in [0.4, 0.5) is 10.2 Å². The lowest BCUT2D eigenvalue weighted by Gasteiger charge is -2.22. The number of imidazole rings is 1. The Labute approximate surface area is 183 Å². The Morgan fingerprint density at radius 3 is 2.90 bits per heavy atom. The van der Waals surface area contributed by atoms with Crippen molar-refractivity contribution in [3.63, 3.8) is 0 Å². The molecular weight excluding hydrogens is 417 g/mol. The number of halogens is 2. The molecule has 0 aliphatic carbocycles. The highest BCUT2D eigenvalue weighted by Gasteiger charge is 2.27. The van der Waals surface area contributed by atoms with Crippen LogP contribution in [-0.4, -0.2) is 31.7 Å². The molecule has 2 aromatic carbocycles. The number of nitrogens with two attached hydrogens (primary N) is 1.